The van der Waals surface area contributed by atoms with E-state index in [1.54, 1.807) is 22.7 Å². The first-order chi connectivity index (χ1) is 14.8. The zero-order valence-corrected chi connectivity index (χ0v) is 18.0. The lowest BCUT2D eigenvalue weighted by Gasteiger charge is -2.02. The van der Waals surface area contributed by atoms with Crippen LogP contribution in [0.2, 0.25) is 5.02 Å². The molecule has 0 unspecified atom stereocenters. The molecule has 2 nitrogen and oxygen atoms in total. The van der Waals surface area contributed by atoms with Crippen molar-refractivity contribution in [2.75, 3.05) is 0 Å². The first kappa shape index (κ1) is 16.8. The largest absolute Gasteiger partial charge is 0.285 e. The lowest BCUT2D eigenvalue weighted by Crippen LogP contribution is -1.92. The van der Waals surface area contributed by atoms with Crippen molar-refractivity contribution < 1.29 is 0 Å². The fourth-order valence-electron chi connectivity index (χ4n) is 4.46. The Morgan fingerprint density at radius 3 is 2.07 bits per heavy atom. The molecule has 0 aliphatic heterocycles. The van der Waals surface area contributed by atoms with Crippen LogP contribution in [0.3, 0.4) is 0 Å². The zero-order valence-electron chi connectivity index (χ0n) is 15.6. The molecule has 3 aromatic heterocycles. The Morgan fingerprint density at radius 2 is 1.33 bits per heavy atom. The van der Waals surface area contributed by atoms with Gasteiger partial charge in [0.25, 0.3) is 0 Å². The third kappa shape index (κ3) is 2.16. The molecule has 0 bridgehead atoms. The van der Waals surface area contributed by atoms with Crippen LogP contribution >= 0.6 is 34.3 Å². The number of hydrogen-bond donors (Lipinski definition) is 0. The van der Waals surface area contributed by atoms with Gasteiger partial charge in [-0.25, -0.2) is 4.98 Å². The summed E-state index contributed by atoms with van der Waals surface area (Å²) >= 11 is 10.2. The molecule has 142 valence electrons. The van der Waals surface area contributed by atoms with Crippen molar-refractivity contribution in [3.05, 3.63) is 83.9 Å². The molecule has 0 fully saturated rings. The normalized spacial score (nSPS) is 12.2. The van der Waals surface area contributed by atoms with Gasteiger partial charge < -0.3 is 0 Å². The minimum Gasteiger partial charge on any atom is -0.285 e. The van der Waals surface area contributed by atoms with Gasteiger partial charge in [-0.1, -0.05) is 77.5 Å². The summed E-state index contributed by atoms with van der Waals surface area (Å²) in [5.74, 6) is 0. The van der Waals surface area contributed by atoms with Crippen LogP contribution in [0.15, 0.2) is 78.9 Å². The van der Waals surface area contributed by atoms with Crippen molar-refractivity contribution in [1.29, 1.82) is 0 Å². The van der Waals surface area contributed by atoms with Gasteiger partial charge in [0.05, 0.1) is 26.3 Å². The summed E-state index contributed by atoms with van der Waals surface area (Å²) in [4.78, 5) is 5.17. The Labute approximate surface area is 184 Å². The van der Waals surface area contributed by atoms with Crippen molar-refractivity contribution in [3.63, 3.8) is 0 Å². The van der Waals surface area contributed by atoms with Gasteiger partial charge in [0, 0.05) is 30.9 Å². The Balaban J connectivity index is 1.66. The monoisotopic (exact) mass is 440 g/mol. The average Bonchev–Trinajstić information content (AvgIpc) is 3.45. The molecule has 5 heteroatoms. The van der Waals surface area contributed by atoms with E-state index in [0.717, 1.165) is 20.4 Å². The SMILES string of the molecule is Clc1cc2sc3ccccc3c2c2nc(-n3c4ccccc4c4ccccc43)sc12. The van der Waals surface area contributed by atoms with Crippen molar-refractivity contribution in [2.45, 2.75) is 0 Å². The van der Waals surface area contributed by atoms with E-state index in [1.165, 1.54) is 42.0 Å². The minimum absolute atomic E-state index is 0.772. The summed E-state index contributed by atoms with van der Waals surface area (Å²) in [6, 6.07) is 27.7. The molecule has 0 amide bonds. The van der Waals surface area contributed by atoms with Crippen LogP contribution in [-0.2, 0) is 0 Å². The predicted molar refractivity (Wildman–Crippen MR) is 132 cm³/mol. The number of halogens is 1. The number of hydrogen-bond acceptors (Lipinski definition) is 3. The van der Waals surface area contributed by atoms with Gasteiger partial charge in [0.2, 0.25) is 0 Å². The lowest BCUT2D eigenvalue weighted by atomic mass is 10.1. The van der Waals surface area contributed by atoms with Gasteiger partial charge in [0.1, 0.15) is 0 Å². The van der Waals surface area contributed by atoms with Gasteiger partial charge in [-0.3, -0.25) is 4.57 Å². The highest BCUT2D eigenvalue weighted by Gasteiger charge is 2.19. The number of thiophene rings is 1. The summed E-state index contributed by atoms with van der Waals surface area (Å²) in [5, 5.41) is 6.66. The molecule has 7 aromatic rings. The van der Waals surface area contributed by atoms with E-state index < -0.39 is 0 Å². The highest BCUT2D eigenvalue weighted by atomic mass is 35.5. The first-order valence-electron chi connectivity index (χ1n) is 9.68. The van der Waals surface area contributed by atoms with Crippen molar-refractivity contribution in [3.8, 4) is 5.13 Å². The third-order valence-electron chi connectivity index (χ3n) is 5.72. The molecule has 0 saturated carbocycles. The van der Waals surface area contributed by atoms with Crippen molar-refractivity contribution >= 4 is 86.5 Å². The number of thiazole rings is 1. The molecule has 0 aliphatic rings. The summed E-state index contributed by atoms with van der Waals surface area (Å²) < 4.78 is 5.77. The zero-order chi connectivity index (χ0) is 19.8. The van der Waals surface area contributed by atoms with E-state index in [4.69, 9.17) is 16.6 Å². The third-order valence-corrected chi connectivity index (χ3v) is 8.32. The summed E-state index contributed by atoms with van der Waals surface area (Å²) in [7, 11) is 0. The number of benzene rings is 4. The first-order valence-corrected chi connectivity index (χ1v) is 11.7. The van der Waals surface area contributed by atoms with Crippen molar-refractivity contribution in [2.24, 2.45) is 0 Å². The number of nitrogens with zero attached hydrogens (tertiary/aromatic N) is 2. The Kier molecular flexibility index (Phi) is 3.39. The molecule has 4 aromatic carbocycles. The lowest BCUT2D eigenvalue weighted by molar-refractivity contribution is 1.15. The molecule has 0 N–H and O–H groups in total. The Hall–Kier alpha value is -2.92. The van der Waals surface area contributed by atoms with Crippen LogP contribution in [0.5, 0.6) is 0 Å². The van der Waals surface area contributed by atoms with Crippen LogP contribution in [-0.4, -0.2) is 9.55 Å². The minimum atomic E-state index is 0.772. The van der Waals surface area contributed by atoms with E-state index in [0.29, 0.717) is 0 Å². The Morgan fingerprint density at radius 1 is 0.700 bits per heavy atom. The number of fused-ring (bicyclic) bond motifs is 8. The topological polar surface area (TPSA) is 17.8 Å². The number of aromatic nitrogens is 2. The second-order valence-electron chi connectivity index (χ2n) is 7.37. The van der Waals surface area contributed by atoms with Gasteiger partial charge in [-0.15, -0.1) is 11.3 Å². The van der Waals surface area contributed by atoms with E-state index >= 15 is 0 Å². The molecule has 0 spiro atoms. The average molecular weight is 441 g/mol. The van der Waals surface area contributed by atoms with Gasteiger partial charge in [0.15, 0.2) is 5.13 Å². The summed E-state index contributed by atoms with van der Waals surface area (Å²) in [6.07, 6.45) is 0. The molecule has 0 radical (unpaired) electrons. The van der Waals surface area contributed by atoms with E-state index in [1.807, 2.05) is 0 Å². The molecule has 0 atom stereocenters. The quantitative estimate of drug-likeness (QED) is 0.250. The summed E-state index contributed by atoms with van der Waals surface area (Å²) in [5.41, 5.74) is 3.33. The van der Waals surface area contributed by atoms with Crippen LogP contribution in [0.4, 0.5) is 0 Å². The second-order valence-corrected chi connectivity index (χ2v) is 9.84. The van der Waals surface area contributed by atoms with Crippen LogP contribution < -0.4 is 0 Å². The number of para-hydroxylation sites is 2. The molecule has 3 heterocycles. The predicted octanol–water partition coefficient (Wildman–Crippen LogP) is 8.41. The second kappa shape index (κ2) is 6.05. The van der Waals surface area contributed by atoms with Crippen LogP contribution in [0.1, 0.15) is 0 Å². The van der Waals surface area contributed by atoms with Gasteiger partial charge >= 0.3 is 0 Å². The van der Waals surface area contributed by atoms with Gasteiger partial charge in [-0.05, 0) is 24.3 Å². The maximum Gasteiger partial charge on any atom is 0.195 e. The molecular weight excluding hydrogens is 428 g/mol. The van der Waals surface area contributed by atoms with Crippen LogP contribution in [0, 0.1) is 0 Å². The number of rotatable bonds is 1. The molecule has 30 heavy (non-hydrogen) atoms. The highest BCUT2D eigenvalue weighted by molar-refractivity contribution is 7.26. The molecule has 0 saturated heterocycles. The van der Waals surface area contributed by atoms with Crippen molar-refractivity contribution in [1.82, 2.24) is 9.55 Å². The standard InChI is InChI=1S/C25H13ClN2S2/c26-17-13-21-22(16-9-3-6-12-20(16)29-21)23-24(17)30-25(27-23)28-18-10-4-1-7-14(18)15-8-2-5-11-19(15)28/h1-13H. The van der Waals surface area contributed by atoms with E-state index in [9.17, 15) is 0 Å². The van der Waals surface area contributed by atoms with Gasteiger partial charge in [-0.2, -0.15) is 0 Å². The maximum atomic E-state index is 6.74. The summed E-state index contributed by atoms with van der Waals surface area (Å²) in [6.45, 7) is 0. The Bertz CT molecular complexity index is 1720. The fourth-order valence-corrected chi connectivity index (χ4v) is 6.99. The molecular formula is C25H13ClN2S2. The van der Waals surface area contributed by atoms with Crippen LogP contribution in [0.25, 0.3) is 57.3 Å². The smallest absolute Gasteiger partial charge is 0.195 e. The van der Waals surface area contributed by atoms with E-state index in [2.05, 4.69) is 83.4 Å². The van der Waals surface area contributed by atoms with E-state index in [-0.39, 0.29) is 0 Å². The molecule has 0 aliphatic carbocycles. The fraction of sp³-hybridized carbons (Fsp3) is 0. The highest BCUT2D eigenvalue weighted by Crippen LogP contribution is 2.44. The maximum absolute atomic E-state index is 6.74. The molecule has 7 rings (SSSR count).